The van der Waals surface area contributed by atoms with Crippen molar-refractivity contribution >= 4 is 40.7 Å². The monoisotopic (exact) mass is 539 g/mol. The van der Waals surface area contributed by atoms with E-state index in [1.54, 1.807) is 47.5 Å². The first-order chi connectivity index (χ1) is 18.0. The molecule has 0 saturated heterocycles. The summed E-state index contributed by atoms with van der Waals surface area (Å²) in [4.78, 5) is 0. The molecule has 0 fully saturated rings. The van der Waals surface area contributed by atoms with Crippen molar-refractivity contribution in [1.82, 2.24) is 40.4 Å². The Kier molecular flexibility index (Phi) is 8.42. The quantitative estimate of drug-likeness (QED) is 0.116. The third kappa shape index (κ3) is 6.10. The SMILES string of the molecule is C/C(=N/O)c1ccc(-n2nnnc2SCC(CSc2nnnn2-c2ccc(/C(C)=N\O)cc2)=NO)cc1. The molecular weight excluding hydrogens is 518 g/mol. The fraction of sp³-hybridized carbons (Fsp3) is 0.190. The Morgan fingerprint density at radius 2 is 1.08 bits per heavy atom. The van der Waals surface area contributed by atoms with Crippen molar-refractivity contribution in [3.8, 4) is 11.4 Å². The van der Waals surface area contributed by atoms with E-state index in [-0.39, 0.29) is 0 Å². The summed E-state index contributed by atoms with van der Waals surface area (Å²) in [5.74, 6) is 0.655. The largest absolute Gasteiger partial charge is 0.411 e. The molecule has 2 heterocycles. The van der Waals surface area contributed by atoms with Crippen LogP contribution in [0.4, 0.5) is 0 Å². The highest BCUT2D eigenvalue weighted by Gasteiger charge is 2.15. The Hall–Kier alpha value is -4.31. The molecule has 0 aliphatic heterocycles. The zero-order chi connectivity index (χ0) is 26.2. The van der Waals surface area contributed by atoms with Gasteiger partial charge in [0.15, 0.2) is 0 Å². The lowest BCUT2D eigenvalue weighted by molar-refractivity contribution is 0.318. The third-order valence-electron chi connectivity index (χ3n) is 5.12. The van der Waals surface area contributed by atoms with Gasteiger partial charge in [-0.3, -0.25) is 0 Å². The predicted molar refractivity (Wildman–Crippen MR) is 137 cm³/mol. The van der Waals surface area contributed by atoms with Gasteiger partial charge in [-0.25, -0.2) is 0 Å². The van der Waals surface area contributed by atoms with E-state index in [1.165, 1.54) is 23.5 Å². The molecule has 3 N–H and O–H groups in total. The van der Waals surface area contributed by atoms with E-state index in [0.29, 0.717) is 39.0 Å². The summed E-state index contributed by atoms with van der Waals surface area (Å²) in [6, 6.07) is 14.5. The molecule has 37 heavy (non-hydrogen) atoms. The Morgan fingerprint density at radius 3 is 1.43 bits per heavy atom. The maximum Gasteiger partial charge on any atom is 0.214 e. The van der Waals surface area contributed by atoms with Gasteiger partial charge in [0.25, 0.3) is 0 Å². The minimum Gasteiger partial charge on any atom is -0.411 e. The minimum atomic E-state index is 0.328. The molecule has 16 heteroatoms. The normalized spacial score (nSPS) is 12.1. The highest BCUT2D eigenvalue weighted by molar-refractivity contribution is 8.01. The van der Waals surface area contributed by atoms with Crippen molar-refractivity contribution in [3.63, 3.8) is 0 Å². The molecule has 190 valence electrons. The molecule has 4 aromatic rings. The molecule has 4 rings (SSSR count). The summed E-state index contributed by atoms with van der Waals surface area (Å²) < 4.78 is 3.13. The molecule has 0 aliphatic carbocycles. The average Bonchev–Trinajstić information content (AvgIpc) is 3.62. The van der Waals surface area contributed by atoms with Gasteiger partial charge < -0.3 is 15.6 Å². The van der Waals surface area contributed by atoms with Gasteiger partial charge in [0.2, 0.25) is 10.3 Å². The van der Waals surface area contributed by atoms with Gasteiger partial charge in [0, 0.05) is 11.5 Å². The molecule has 0 atom stereocenters. The number of hydrogen-bond donors (Lipinski definition) is 3. The van der Waals surface area contributed by atoms with Gasteiger partial charge in [-0.15, -0.1) is 10.2 Å². The number of tetrazole rings is 2. The molecule has 0 unspecified atom stereocenters. The van der Waals surface area contributed by atoms with E-state index < -0.39 is 0 Å². The van der Waals surface area contributed by atoms with Crippen LogP contribution in [0.1, 0.15) is 25.0 Å². The van der Waals surface area contributed by atoms with Crippen LogP contribution in [0.15, 0.2) is 74.3 Å². The first kappa shape index (κ1) is 25.8. The van der Waals surface area contributed by atoms with Crippen molar-refractivity contribution < 1.29 is 15.6 Å². The second-order valence-corrected chi connectivity index (χ2v) is 9.34. The minimum absolute atomic E-state index is 0.328. The second-order valence-electron chi connectivity index (χ2n) is 7.45. The number of rotatable bonds is 10. The zero-order valence-corrected chi connectivity index (χ0v) is 21.2. The van der Waals surface area contributed by atoms with Crippen molar-refractivity contribution in [3.05, 3.63) is 59.7 Å². The van der Waals surface area contributed by atoms with Crippen molar-refractivity contribution in [2.75, 3.05) is 11.5 Å². The van der Waals surface area contributed by atoms with Crippen molar-refractivity contribution in [2.24, 2.45) is 15.5 Å². The van der Waals surface area contributed by atoms with Crippen LogP contribution in [0, 0.1) is 0 Å². The average molecular weight is 540 g/mol. The molecule has 0 bridgehead atoms. The van der Waals surface area contributed by atoms with Crippen LogP contribution in [0.2, 0.25) is 0 Å². The highest BCUT2D eigenvalue weighted by atomic mass is 32.2. The molecule has 0 radical (unpaired) electrons. The lowest BCUT2D eigenvalue weighted by Crippen LogP contribution is -2.09. The fourth-order valence-corrected chi connectivity index (χ4v) is 4.82. The van der Waals surface area contributed by atoms with Crippen LogP contribution >= 0.6 is 23.5 Å². The first-order valence-electron chi connectivity index (χ1n) is 10.6. The van der Waals surface area contributed by atoms with E-state index in [1.807, 2.05) is 24.3 Å². The lowest BCUT2D eigenvalue weighted by atomic mass is 10.1. The van der Waals surface area contributed by atoms with E-state index in [0.717, 1.165) is 22.5 Å². The van der Waals surface area contributed by atoms with Gasteiger partial charge in [0.05, 0.1) is 28.5 Å². The topological polar surface area (TPSA) is 185 Å². The Bertz CT molecular complexity index is 1320. The van der Waals surface area contributed by atoms with Gasteiger partial charge in [-0.05, 0) is 70.1 Å². The standard InChI is InChI=1S/C21H21N11O3S2/c1-13(24-33)15-3-7-18(8-4-15)31-20(22-27-29-31)36-11-17(26-35)12-37-21-23-28-30-32(21)19-9-5-16(6-10-19)14(2)25-34/h3-10,33-35H,11-12H2,1-2H3/b24-13-,25-14-. The number of thioether (sulfide) groups is 2. The van der Waals surface area contributed by atoms with Gasteiger partial charge in [-0.1, -0.05) is 63.3 Å². The highest BCUT2D eigenvalue weighted by Crippen LogP contribution is 2.22. The van der Waals surface area contributed by atoms with Gasteiger partial charge in [-0.2, -0.15) is 9.36 Å². The summed E-state index contributed by atoms with van der Waals surface area (Å²) in [6.07, 6.45) is 0. The predicted octanol–water partition coefficient (Wildman–Crippen LogP) is 2.75. The third-order valence-corrected chi connectivity index (χ3v) is 7.10. The molecule has 14 nitrogen and oxygen atoms in total. The molecule has 2 aromatic carbocycles. The molecular formula is C21H21N11O3S2. The van der Waals surface area contributed by atoms with Gasteiger partial charge in [0.1, 0.15) is 0 Å². The molecule has 0 aliphatic rings. The number of oxime groups is 3. The number of aromatic nitrogens is 8. The maximum atomic E-state index is 9.55. The van der Waals surface area contributed by atoms with Crippen LogP contribution in [-0.4, -0.2) is 84.7 Å². The van der Waals surface area contributed by atoms with Crippen LogP contribution in [0.5, 0.6) is 0 Å². The zero-order valence-electron chi connectivity index (χ0n) is 19.6. The lowest BCUT2D eigenvalue weighted by Gasteiger charge is -2.07. The van der Waals surface area contributed by atoms with E-state index in [2.05, 4.69) is 46.5 Å². The van der Waals surface area contributed by atoms with E-state index >= 15 is 0 Å². The molecule has 2 aromatic heterocycles. The first-order valence-corrected chi connectivity index (χ1v) is 12.6. The van der Waals surface area contributed by atoms with Crippen LogP contribution in [0.25, 0.3) is 11.4 Å². The smallest absolute Gasteiger partial charge is 0.214 e. The summed E-state index contributed by atoms with van der Waals surface area (Å²) in [5, 5.41) is 61.9. The van der Waals surface area contributed by atoms with E-state index in [9.17, 15) is 5.21 Å². The van der Waals surface area contributed by atoms with Crippen molar-refractivity contribution in [1.29, 1.82) is 0 Å². The summed E-state index contributed by atoms with van der Waals surface area (Å²) >= 11 is 2.62. The fourth-order valence-electron chi connectivity index (χ4n) is 3.06. The molecule has 0 amide bonds. The van der Waals surface area contributed by atoms with Crippen LogP contribution < -0.4 is 0 Å². The number of nitrogens with zero attached hydrogens (tertiary/aromatic N) is 11. The Balaban J connectivity index is 1.39. The maximum absolute atomic E-state index is 9.55. The molecule has 0 saturated carbocycles. The summed E-state index contributed by atoms with van der Waals surface area (Å²) in [6.45, 7) is 3.40. The Labute approximate surface area is 218 Å². The second kappa shape index (κ2) is 12.1. The molecule has 0 spiro atoms. The number of benzene rings is 2. The number of hydrogen-bond acceptors (Lipinski definition) is 14. The van der Waals surface area contributed by atoms with Crippen LogP contribution in [-0.2, 0) is 0 Å². The van der Waals surface area contributed by atoms with E-state index in [4.69, 9.17) is 10.4 Å². The van der Waals surface area contributed by atoms with Crippen molar-refractivity contribution in [2.45, 2.75) is 24.2 Å². The van der Waals surface area contributed by atoms with Crippen LogP contribution in [0.3, 0.4) is 0 Å². The summed E-state index contributed by atoms with van der Waals surface area (Å²) in [7, 11) is 0. The summed E-state index contributed by atoms with van der Waals surface area (Å²) in [5.41, 5.74) is 4.46. The van der Waals surface area contributed by atoms with Gasteiger partial charge >= 0.3 is 0 Å². The Morgan fingerprint density at radius 1 is 0.676 bits per heavy atom.